The van der Waals surface area contributed by atoms with Crippen molar-refractivity contribution in [2.75, 3.05) is 31.1 Å². The topological polar surface area (TPSA) is 116 Å². The number of aromatic nitrogens is 2. The number of carbonyl (C=O) groups excluding carboxylic acids is 2. The van der Waals surface area contributed by atoms with Crippen LogP contribution in [0.25, 0.3) is 11.4 Å². The zero-order chi connectivity index (χ0) is 36.3. The molecule has 1 aromatic carbocycles. The first kappa shape index (κ1) is 37.0. The largest absolute Gasteiger partial charge is 0.481 e. The standard InChI is InChI=1S/C41H55N5O4S/c1-6-7-27-8-12-29(13-9-27)30-18-20-45(21-19-30)32-23-42-36(43-24-32)31-14-10-28(11-15-31)22-33(38(48)46-25-41(5,26-46)39(49)50)44-37(47)34-16-17-35(51-34)40(2,3)4/h10-11,14-17,23-24,27,29-30,33H,6-9,12-13,18-22,25-26H2,1-5H3,(H,44,47)(H,49,50)/t27-,29-,33-/m0/s1. The molecule has 3 aromatic rings. The Balaban J connectivity index is 1.07. The Kier molecular flexibility index (Phi) is 11.2. The fraction of sp³-hybridized carbons (Fsp3) is 0.585. The number of amides is 2. The molecule has 0 spiro atoms. The molecule has 2 aromatic heterocycles. The van der Waals surface area contributed by atoms with Crippen LogP contribution in [0.15, 0.2) is 48.8 Å². The van der Waals surface area contributed by atoms with E-state index in [0.29, 0.717) is 10.7 Å². The van der Waals surface area contributed by atoms with Crippen LogP contribution in [0.1, 0.15) is 106 Å². The second-order valence-corrected chi connectivity index (χ2v) is 17.6. The van der Waals surface area contributed by atoms with Crippen molar-refractivity contribution in [1.29, 1.82) is 0 Å². The number of likely N-dealkylation sites (tertiary alicyclic amines) is 1. The number of anilines is 1. The number of nitrogens with one attached hydrogen (secondary N) is 1. The zero-order valence-electron chi connectivity index (χ0n) is 31.0. The summed E-state index contributed by atoms with van der Waals surface area (Å²) >= 11 is 1.42. The number of thiophene rings is 1. The third-order valence-corrected chi connectivity index (χ3v) is 13.0. The Morgan fingerprint density at radius 2 is 1.57 bits per heavy atom. The smallest absolute Gasteiger partial charge is 0.312 e. The van der Waals surface area contributed by atoms with Crippen molar-refractivity contribution < 1.29 is 19.5 Å². The molecule has 2 N–H and O–H groups in total. The predicted octanol–water partition coefficient (Wildman–Crippen LogP) is 7.60. The van der Waals surface area contributed by atoms with E-state index in [1.807, 2.05) is 42.7 Å². The number of piperidine rings is 1. The molecule has 0 bridgehead atoms. The summed E-state index contributed by atoms with van der Waals surface area (Å²) in [5, 5.41) is 12.6. The summed E-state index contributed by atoms with van der Waals surface area (Å²) < 4.78 is 0. The van der Waals surface area contributed by atoms with Crippen LogP contribution in [0.2, 0.25) is 0 Å². The van der Waals surface area contributed by atoms with E-state index in [1.165, 1.54) is 67.6 Å². The van der Waals surface area contributed by atoms with Gasteiger partial charge in [0, 0.05) is 43.0 Å². The fourth-order valence-electron chi connectivity index (χ4n) is 8.24. The Hall–Kier alpha value is -3.79. The van der Waals surface area contributed by atoms with E-state index in [2.05, 4.69) is 37.9 Å². The number of carbonyl (C=O) groups is 3. The number of carboxylic acid groups (broad SMARTS) is 1. The highest BCUT2D eigenvalue weighted by Crippen LogP contribution is 2.40. The SMILES string of the molecule is CCC[C@H]1CC[C@H](C2CCN(c3cnc(-c4ccc(C[C@H](NC(=O)c5ccc(C(C)(C)C)s5)C(=O)N5CC(C)(C(=O)O)C5)cc4)nc3)CC2)CC1. The maximum Gasteiger partial charge on any atom is 0.312 e. The lowest BCUT2D eigenvalue weighted by molar-refractivity contribution is -0.164. The first-order chi connectivity index (χ1) is 24.3. The Morgan fingerprint density at radius 1 is 0.941 bits per heavy atom. The van der Waals surface area contributed by atoms with E-state index < -0.39 is 17.4 Å². The molecule has 2 saturated heterocycles. The maximum absolute atomic E-state index is 13.7. The first-order valence-electron chi connectivity index (χ1n) is 18.9. The molecule has 9 nitrogen and oxygen atoms in total. The van der Waals surface area contributed by atoms with Gasteiger partial charge in [-0.2, -0.15) is 0 Å². The van der Waals surface area contributed by atoms with Gasteiger partial charge in [0.15, 0.2) is 5.82 Å². The second kappa shape index (κ2) is 15.4. The number of aliphatic carboxylic acids is 1. The molecule has 1 aliphatic carbocycles. The highest BCUT2D eigenvalue weighted by molar-refractivity contribution is 7.14. The van der Waals surface area contributed by atoms with Gasteiger partial charge in [0.1, 0.15) is 6.04 Å². The number of benzene rings is 1. The molecule has 51 heavy (non-hydrogen) atoms. The Labute approximate surface area is 307 Å². The van der Waals surface area contributed by atoms with Crippen LogP contribution in [0.5, 0.6) is 0 Å². The van der Waals surface area contributed by atoms with Crippen LogP contribution in [0, 0.1) is 23.2 Å². The monoisotopic (exact) mass is 713 g/mol. The molecule has 2 amide bonds. The summed E-state index contributed by atoms with van der Waals surface area (Å²) in [5.74, 6) is 1.84. The molecule has 274 valence electrons. The van der Waals surface area contributed by atoms with Crippen molar-refractivity contribution in [3.8, 4) is 11.4 Å². The van der Waals surface area contributed by atoms with Gasteiger partial charge in [-0.05, 0) is 73.5 Å². The van der Waals surface area contributed by atoms with Gasteiger partial charge in [-0.25, -0.2) is 9.97 Å². The lowest BCUT2D eigenvalue weighted by Crippen LogP contribution is -2.64. The molecule has 2 aliphatic heterocycles. The van der Waals surface area contributed by atoms with Gasteiger partial charge in [0.2, 0.25) is 5.91 Å². The Morgan fingerprint density at radius 3 is 2.14 bits per heavy atom. The fourth-order valence-corrected chi connectivity index (χ4v) is 9.21. The summed E-state index contributed by atoms with van der Waals surface area (Å²) in [6.45, 7) is 12.6. The molecule has 4 heterocycles. The molecular formula is C41H55N5O4S. The van der Waals surface area contributed by atoms with Crippen molar-refractivity contribution in [3.05, 3.63) is 64.1 Å². The molecule has 10 heteroatoms. The van der Waals surface area contributed by atoms with E-state index in [9.17, 15) is 19.5 Å². The number of rotatable bonds is 11. The van der Waals surface area contributed by atoms with Crippen molar-refractivity contribution >= 4 is 34.8 Å². The van der Waals surface area contributed by atoms with Crippen molar-refractivity contribution in [2.45, 2.75) is 104 Å². The minimum atomic E-state index is -0.972. The van der Waals surface area contributed by atoms with Crippen molar-refractivity contribution in [2.24, 2.45) is 23.2 Å². The van der Waals surface area contributed by atoms with Gasteiger partial charge in [-0.3, -0.25) is 14.4 Å². The normalized spacial score (nSPS) is 21.5. The average Bonchev–Trinajstić information content (AvgIpc) is 3.63. The number of hydrogen-bond donors (Lipinski definition) is 2. The average molecular weight is 714 g/mol. The van der Waals surface area contributed by atoms with Gasteiger partial charge in [0.05, 0.1) is 28.4 Å². The van der Waals surface area contributed by atoms with Gasteiger partial charge in [-0.15, -0.1) is 11.3 Å². The molecule has 0 radical (unpaired) electrons. The van der Waals surface area contributed by atoms with E-state index in [0.717, 1.165) is 52.5 Å². The highest BCUT2D eigenvalue weighted by Gasteiger charge is 2.48. The van der Waals surface area contributed by atoms with Crippen LogP contribution in [0.4, 0.5) is 5.69 Å². The molecule has 3 aliphatic rings. The molecular weight excluding hydrogens is 659 g/mol. The summed E-state index contributed by atoms with van der Waals surface area (Å²) in [6, 6.07) is 10.7. The van der Waals surface area contributed by atoms with Gasteiger partial charge >= 0.3 is 5.97 Å². The second-order valence-electron chi connectivity index (χ2n) is 16.6. The van der Waals surface area contributed by atoms with Gasteiger partial charge < -0.3 is 20.2 Å². The Bertz CT molecular complexity index is 1660. The van der Waals surface area contributed by atoms with Crippen LogP contribution < -0.4 is 10.2 Å². The van der Waals surface area contributed by atoms with E-state index in [4.69, 9.17) is 9.97 Å². The van der Waals surface area contributed by atoms with Gasteiger partial charge in [0.25, 0.3) is 5.91 Å². The summed E-state index contributed by atoms with van der Waals surface area (Å²) in [7, 11) is 0. The lowest BCUT2D eigenvalue weighted by Gasteiger charge is -2.46. The minimum Gasteiger partial charge on any atom is -0.481 e. The minimum absolute atomic E-state index is 0.0903. The van der Waals surface area contributed by atoms with Crippen LogP contribution in [-0.4, -0.2) is 70.0 Å². The van der Waals surface area contributed by atoms with E-state index >= 15 is 0 Å². The van der Waals surface area contributed by atoms with E-state index in [1.54, 1.807) is 13.0 Å². The third-order valence-electron chi connectivity index (χ3n) is 11.5. The van der Waals surface area contributed by atoms with Crippen molar-refractivity contribution in [3.63, 3.8) is 0 Å². The number of nitrogens with zero attached hydrogens (tertiary/aromatic N) is 4. The molecule has 6 rings (SSSR count). The van der Waals surface area contributed by atoms with Crippen LogP contribution in [0.3, 0.4) is 0 Å². The lowest BCUT2D eigenvalue weighted by atomic mass is 9.72. The van der Waals surface area contributed by atoms with Crippen molar-refractivity contribution in [1.82, 2.24) is 20.2 Å². The summed E-state index contributed by atoms with van der Waals surface area (Å²) in [4.78, 5) is 53.7. The van der Waals surface area contributed by atoms with Crippen LogP contribution in [-0.2, 0) is 21.4 Å². The maximum atomic E-state index is 13.7. The van der Waals surface area contributed by atoms with Crippen LogP contribution >= 0.6 is 11.3 Å². The third kappa shape index (κ3) is 8.65. The summed E-state index contributed by atoms with van der Waals surface area (Å²) in [6.07, 6.45) is 15.0. The zero-order valence-corrected chi connectivity index (χ0v) is 31.8. The number of carboxylic acids is 1. The van der Waals surface area contributed by atoms with Gasteiger partial charge in [-0.1, -0.05) is 77.6 Å². The molecule has 1 saturated carbocycles. The van der Waals surface area contributed by atoms with E-state index in [-0.39, 0.29) is 36.7 Å². The molecule has 1 atom stereocenters. The predicted molar refractivity (Wildman–Crippen MR) is 203 cm³/mol. The quantitative estimate of drug-likeness (QED) is 0.210. The number of hydrogen-bond acceptors (Lipinski definition) is 7. The molecule has 0 unspecified atom stereocenters. The highest BCUT2D eigenvalue weighted by atomic mass is 32.1. The first-order valence-corrected chi connectivity index (χ1v) is 19.7. The molecule has 3 fully saturated rings. The summed E-state index contributed by atoms with van der Waals surface area (Å²) in [5.41, 5.74) is 1.76.